The first-order chi connectivity index (χ1) is 19.0. The first kappa shape index (κ1) is 28.1. The molecule has 14 nitrogen and oxygen atoms in total. The molecular formula is C26H28O14. The molecule has 0 spiro atoms. The Labute approximate surface area is 225 Å². The van der Waals surface area contributed by atoms with Gasteiger partial charge in [0, 0.05) is 17.7 Å². The summed E-state index contributed by atoms with van der Waals surface area (Å²) >= 11 is 0. The Morgan fingerprint density at radius 2 is 1.50 bits per heavy atom. The number of hydrogen-bond acceptors (Lipinski definition) is 14. The minimum absolute atomic E-state index is 0.0145. The van der Waals surface area contributed by atoms with Crippen molar-refractivity contribution < 1.29 is 64.2 Å². The van der Waals surface area contributed by atoms with Crippen molar-refractivity contribution in [3.8, 4) is 34.3 Å². The van der Waals surface area contributed by atoms with E-state index in [9.17, 15) is 45.6 Å². The Morgan fingerprint density at radius 1 is 0.825 bits per heavy atom. The van der Waals surface area contributed by atoms with E-state index in [1.165, 1.54) is 31.2 Å². The summed E-state index contributed by atoms with van der Waals surface area (Å²) in [5.74, 6) is -1.73. The largest absolute Gasteiger partial charge is 0.508 e. The van der Waals surface area contributed by atoms with E-state index in [1.807, 2.05) is 0 Å². The Balaban J connectivity index is 1.61. The molecule has 2 aliphatic rings. The number of aliphatic hydroxyl groups excluding tert-OH is 6. The maximum absolute atomic E-state index is 13.1. The van der Waals surface area contributed by atoms with Gasteiger partial charge in [0.05, 0.1) is 12.7 Å². The van der Waals surface area contributed by atoms with Gasteiger partial charge in [-0.1, -0.05) is 0 Å². The summed E-state index contributed by atoms with van der Waals surface area (Å²) in [5.41, 5.74) is -0.489. The second-order valence-electron chi connectivity index (χ2n) is 9.61. The molecule has 2 fully saturated rings. The molecule has 2 saturated heterocycles. The molecule has 3 heterocycles. The first-order valence-corrected chi connectivity index (χ1v) is 12.3. The van der Waals surface area contributed by atoms with Crippen LogP contribution in [0.25, 0.3) is 22.3 Å². The van der Waals surface area contributed by atoms with Crippen LogP contribution in [0.5, 0.6) is 23.0 Å². The Bertz CT molecular complexity index is 1420. The van der Waals surface area contributed by atoms with Crippen molar-refractivity contribution in [2.24, 2.45) is 0 Å². The lowest BCUT2D eigenvalue weighted by Crippen LogP contribution is -2.58. The summed E-state index contributed by atoms with van der Waals surface area (Å²) < 4.78 is 27.9. The highest BCUT2D eigenvalue weighted by Crippen LogP contribution is 2.45. The quantitative estimate of drug-likeness (QED) is 0.184. The molecule has 2 aliphatic heterocycles. The van der Waals surface area contributed by atoms with Crippen molar-refractivity contribution in [2.45, 2.75) is 62.2 Å². The monoisotopic (exact) mass is 564 g/mol. The molecule has 0 saturated carbocycles. The van der Waals surface area contributed by atoms with Crippen molar-refractivity contribution in [1.29, 1.82) is 0 Å². The van der Waals surface area contributed by atoms with E-state index < -0.39 is 84.6 Å². The van der Waals surface area contributed by atoms with Crippen LogP contribution in [-0.4, -0.2) is 103 Å². The summed E-state index contributed by atoms with van der Waals surface area (Å²) in [6.07, 6.45) is -14.0. The fraction of sp³-hybridized carbons (Fsp3) is 0.423. The van der Waals surface area contributed by atoms with Gasteiger partial charge in [-0.3, -0.25) is 4.79 Å². The molecule has 9 atom stereocenters. The van der Waals surface area contributed by atoms with E-state index in [4.69, 9.17) is 23.4 Å². The van der Waals surface area contributed by atoms with Gasteiger partial charge in [0.2, 0.25) is 18.3 Å². The lowest BCUT2D eigenvalue weighted by Gasteiger charge is -2.39. The zero-order valence-electron chi connectivity index (χ0n) is 20.9. The van der Waals surface area contributed by atoms with Gasteiger partial charge in [0.15, 0.2) is 16.9 Å². The average molecular weight is 564 g/mol. The topological polar surface area (TPSA) is 229 Å². The van der Waals surface area contributed by atoms with Gasteiger partial charge >= 0.3 is 0 Å². The zero-order valence-corrected chi connectivity index (χ0v) is 20.9. The van der Waals surface area contributed by atoms with Gasteiger partial charge in [0.1, 0.15) is 59.1 Å². The smallest absolute Gasteiger partial charge is 0.229 e. The minimum Gasteiger partial charge on any atom is -0.508 e. The SMILES string of the molecule is CC1O[C@@H](Oc2cc3oc(-c4ccc(O)cc4)cc(=O)c3c(O)c2O[C@@H]2OC[C@@H](O)[C@H](O)C2O)C(O)[C@@H](O)[C@H]1O. The van der Waals surface area contributed by atoms with Crippen LogP contribution in [0.15, 0.2) is 45.6 Å². The molecule has 1 aromatic heterocycles. The van der Waals surface area contributed by atoms with E-state index >= 15 is 0 Å². The van der Waals surface area contributed by atoms with Gasteiger partial charge in [-0.05, 0) is 31.2 Å². The van der Waals surface area contributed by atoms with Crippen molar-refractivity contribution in [3.63, 3.8) is 0 Å². The van der Waals surface area contributed by atoms with Gasteiger partial charge in [-0.25, -0.2) is 0 Å². The number of phenolic OH excluding ortho intramolecular Hbond substituents is 2. The molecule has 2 aromatic carbocycles. The van der Waals surface area contributed by atoms with E-state index in [-0.39, 0.29) is 22.5 Å². The third-order valence-corrected chi connectivity index (χ3v) is 6.80. The number of ether oxygens (including phenoxy) is 4. The van der Waals surface area contributed by atoms with E-state index in [0.717, 1.165) is 12.1 Å². The number of fused-ring (bicyclic) bond motifs is 1. The van der Waals surface area contributed by atoms with E-state index in [2.05, 4.69) is 0 Å². The van der Waals surface area contributed by atoms with Crippen LogP contribution in [0, 0.1) is 0 Å². The van der Waals surface area contributed by atoms with Gasteiger partial charge < -0.3 is 64.2 Å². The zero-order chi connectivity index (χ0) is 28.9. The van der Waals surface area contributed by atoms with Crippen molar-refractivity contribution in [3.05, 3.63) is 46.6 Å². The third-order valence-electron chi connectivity index (χ3n) is 6.80. The van der Waals surface area contributed by atoms with Crippen LogP contribution < -0.4 is 14.9 Å². The molecule has 0 aliphatic carbocycles. The second kappa shape index (κ2) is 10.8. The molecule has 14 heteroatoms. The molecule has 0 bridgehead atoms. The summed E-state index contributed by atoms with van der Waals surface area (Å²) in [6, 6.07) is 7.98. The molecular weight excluding hydrogens is 536 g/mol. The van der Waals surface area contributed by atoms with Crippen LogP contribution in [0.3, 0.4) is 0 Å². The molecule has 3 unspecified atom stereocenters. The maximum atomic E-state index is 13.1. The molecule has 216 valence electrons. The third kappa shape index (κ3) is 5.07. The molecule has 40 heavy (non-hydrogen) atoms. The van der Waals surface area contributed by atoms with E-state index in [1.54, 1.807) is 0 Å². The fourth-order valence-corrected chi connectivity index (χ4v) is 4.47. The summed E-state index contributed by atoms with van der Waals surface area (Å²) in [4.78, 5) is 13.1. The highest BCUT2D eigenvalue weighted by Gasteiger charge is 2.44. The lowest BCUT2D eigenvalue weighted by molar-refractivity contribution is -0.269. The highest BCUT2D eigenvalue weighted by molar-refractivity contribution is 5.89. The van der Waals surface area contributed by atoms with Crippen LogP contribution >= 0.6 is 0 Å². The predicted octanol–water partition coefficient (Wildman–Crippen LogP) is -1.10. The van der Waals surface area contributed by atoms with E-state index in [0.29, 0.717) is 5.56 Å². The molecule has 0 radical (unpaired) electrons. The van der Waals surface area contributed by atoms with Crippen molar-refractivity contribution in [2.75, 3.05) is 6.61 Å². The number of rotatable bonds is 5. The Morgan fingerprint density at radius 3 is 2.20 bits per heavy atom. The van der Waals surface area contributed by atoms with Crippen molar-refractivity contribution >= 4 is 11.0 Å². The second-order valence-corrected chi connectivity index (χ2v) is 9.61. The Hall–Kier alpha value is -3.47. The van der Waals surface area contributed by atoms with Gasteiger partial charge in [-0.2, -0.15) is 0 Å². The molecule has 0 amide bonds. The number of hydrogen-bond donors (Lipinski definition) is 8. The number of aliphatic hydroxyl groups is 6. The Kier molecular flexibility index (Phi) is 7.60. The van der Waals surface area contributed by atoms with Gasteiger partial charge in [-0.15, -0.1) is 0 Å². The lowest BCUT2D eigenvalue weighted by atomic mass is 10.00. The van der Waals surface area contributed by atoms with Crippen molar-refractivity contribution in [1.82, 2.24) is 0 Å². The molecule has 5 rings (SSSR count). The maximum Gasteiger partial charge on any atom is 0.229 e. The minimum atomic E-state index is -1.78. The summed E-state index contributed by atoms with van der Waals surface area (Å²) in [7, 11) is 0. The average Bonchev–Trinajstić information content (AvgIpc) is 2.92. The van der Waals surface area contributed by atoms with Crippen LogP contribution in [0.1, 0.15) is 6.92 Å². The number of phenols is 2. The van der Waals surface area contributed by atoms with Gasteiger partial charge in [0.25, 0.3) is 0 Å². The van der Waals surface area contributed by atoms with Crippen LogP contribution in [0.2, 0.25) is 0 Å². The predicted molar refractivity (Wildman–Crippen MR) is 133 cm³/mol. The highest BCUT2D eigenvalue weighted by atomic mass is 16.7. The number of benzene rings is 2. The van der Waals surface area contributed by atoms with Crippen LogP contribution in [0.4, 0.5) is 0 Å². The van der Waals surface area contributed by atoms with Crippen LogP contribution in [-0.2, 0) is 9.47 Å². The molecule has 3 aromatic rings. The fourth-order valence-electron chi connectivity index (χ4n) is 4.47. The summed E-state index contributed by atoms with van der Waals surface area (Å²) in [5, 5.41) is 81.2. The summed E-state index contributed by atoms with van der Waals surface area (Å²) in [6.45, 7) is 0.991. The first-order valence-electron chi connectivity index (χ1n) is 12.3. The normalized spacial score (nSPS) is 32.6. The number of aromatic hydroxyl groups is 2. The standard InChI is InChI=1S/C26H28O14/c1-9-18(30)21(33)23(35)26(37-9)39-16-7-15-17(12(28)6-14(38-15)10-2-4-11(27)5-3-10)20(32)24(16)40-25-22(34)19(31)13(29)8-36-25/h2-7,9,13,18-19,21-23,25-27,29-35H,8H2,1H3/t9?,13-,18+,19+,21+,22?,23?,25+,26+/m1/s1. The molecule has 8 N–H and O–H groups in total.